The molecule has 0 aliphatic heterocycles. The highest BCUT2D eigenvalue weighted by Gasteiger charge is 2.18. The topological polar surface area (TPSA) is 102 Å². The monoisotopic (exact) mass is 315 g/mol. The predicted molar refractivity (Wildman–Crippen MR) is 83.3 cm³/mol. The number of amides is 2. The zero-order valence-corrected chi connectivity index (χ0v) is 12.8. The molecule has 8 heteroatoms. The molecule has 2 heterocycles. The van der Waals surface area contributed by atoms with Gasteiger partial charge in [0.2, 0.25) is 10.9 Å². The number of thiazole rings is 1. The molecule has 0 fully saturated rings. The lowest BCUT2D eigenvalue weighted by atomic mass is 10.2. The summed E-state index contributed by atoms with van der Waals surface area (Å²) in [7, 11) is 0. The van der Waals surface area contributed by atoms with E-state index in [0.717, 1.165) is 11.5 Å². The number of nitrogens with one attached hydrogen (secondary N) is 1. The van der Waals surface area contributed by atoms with Gasteiger partial charge in [0.05, 0.1) is 0 Å². The SMILES string of the molecule is Cc1nnc2sc(C(=O)Nc3ccc(C(N)=O)cc3)c(C)n12. The van der Waals surface area contributed by atoms with Gasteiger partial charge in [0.15, 0.2) is 0 Å². The van der Waals surface area contributed by atoms with Gasteiger partial charge < -0.3 is 11.1 Å². The molecule has 0 radical (unpaired) electrons. The Kier molecular flexibility index (Phi) is 3.38. The zero-order valence-electron chi connectivity index (χ0n) is 12.0. The molecule has 0 spiro atoms. The Balaban J connectivity index is 1.86. The number of anilines is 1. The first kappa shape index (κ1) is 14.2. The van der Waals surface area contributed by atoms with E-state index in [9.17, 15) is 9.59 Å². The fourth-order valence-electron chi connectivity index (χ4n) is 2.18. The standard InChI is InChI=1S/C14H13N5O2S/c1-7-11(22-14-18-17-8(2)19(7)14)13(21)16-10-5-3-9(4-6-10)12(15)20/h3-6H,1-2H3,(H2,15,20)(H,16,21). The minimum atomic E-state index is -0.504. The summed E-state index contributed by atoms with van der Waals surface area (Å²) in [6, 6.07) is 6.41. The minimum absolute atomic E-state index is 0.223. The van der Waals surface area contributed by atoms with Gasteiger partial charge >= 0.3 is 0 Å². The summed E-state index contributed by atoms with van der Waals surface area (Å²) in [5.74, 6) is 0.0176. The first-order chi connectivity index (χ1) is 10.5. The molecular formula is C14H13N5O2S. The second kappa shape index (κ2) is 5.23. The van der Waals surface area contributed by atoms with E-state index < -0.39 is 5.91 Å². The fourth-order valence-corrected chi connectivity index (χ4v) is 3.19. The first-order valence-corrected chi connectivity index (χ1v) is 7.31. The third kappa shape index (κ3) is 2.33. The van der Waals surface area contributed by atoms with E-state index in [0.29, 0.717) is 21.1 Å². The summed E-state index contributed by atoms with van der Waals surface area (Å²) in [6.45, 7) is 3.69. The van der Waals surface area contributed by atoms with Crippen LogP contribution in [0.3, 0.4) is 0 Å². The molecule has 112 valence electrons. The van der Waals surface area contributed by atoms with Crippen molar-refractivity contribution in [2.75, 3.05) is 5.32 Å². The van der Waals surface area contributed by atoms with Crippen LogP contribution in [0.25, 0.3) is 4.96 Å². The van der Waals surface area contributed by atoms with Gasteiger partial charge in [-0.1, -0.05) is 11.3 Å². The molecule has 7 nitrogen and oxygen atoms in total. The molecule has 0 aliphatic rings. The molecule has 3 aromatic rings. The molecular weight excluding hydrogens is 302 g/mol. The number of hydrogen-bond donors (Lipinski definition) is 2. The van der Waals surface area contributed by atoms with E-state index in [1.807, 2.05) is 18.2 Å². The van der Waals surface area contributed by atoms with E-state index in [1.54, 1.807) is 24.3 Å². The number of nitrogens with zero attached hydrogens (tertiary/aromatic N) is 3. The number of aromatic nitrogens is 3. The van der Waals surface area contributed by atoms with Gasteiger partial charge in [-0.15, -0.1) is 10.2 Å². The van der Waals surface area contributed by atoms with Crippen molar-refractivity contribution in [3.63, 3.8) is 0 Å². The summed E-state index contributed by atoms with van der Waals surface area (Å²) in [5.41, 5.74) is 6.97. The highest BCUT2D eigenvalue weighted by Crippen LogP contribution is 2.23. The van der Waals surface area contributed by atoms with Gasteiger partial charge in [-0.2, -0.15) is 0 Å². The molecule has 0 bridgehead atoms. The van der Waals surface area contributed by atoms with Gasteiger partial charge in [-0.25, -0.2) is 0 Å². The van der Waals surface area contributed by atoms with Gasteiger partial charge in [0, 0.05) is 16.9 Å². The van der Waals surface area contributed by atoms with E-state index in [4.69, 9.17) is 5.73 Å². The summed E-state index contributed by atoms with van der Waals surface area (Å²) in [4.78, 5) is 24.7. The molecule has 0 aliphatic carbocycles. The number of nitrogens with two attached hydrogens (primary N) is 1. The Hall–Kier alpha value is -2.74. The van der Waals surface area contributed by atoms with Crippen LogP contribution in [-0.4, -0.2) is 26.4 Å². The Morgan fingerprint density at radius 1 is 1.18 bits per heavy atom. The van der Waals surface area contributed by atoms with Gasteiger partial charge in [-0.3, -0.25) is 14.0 Å². The normalized spacial score (nSPS) is 10.8. The van der Waals surface area contributed by atoms with Crippen molar-refractivity contribution in [3.8, 4) is 0 Å². The summed E-state index contributed by atoms with van der Waals surface area (Å²) >= 11 is 1.28. The number of carbonyl (C=O) groups excluding carboxylic acids is 2. The number of primary amides is 1. The van der Waals surface area contributed by atoms with Crippen LogP contribution in [0.1, 0.15) is 31.5 Å². The smallest absolute Gasteiger partial charge is 0.267 e. The van der Waals surface area contributed by atoms with E-state index in [-0.39, 0.29) is 5.91 Å². The summed E-state index contributed by atoms with van der Waals surface area (Å²) in [5, 5.41) is 10.8. The quantitative estimate of drug-likeness (QED) is 0.768. The van der Waals surface area contributed by atoms with Crippen LogP contribution >= 0.6 is 11.3 Å². The number of carbonyl (C=O) groups is 2. The maximum absolute atomic E-state index is 12.4. The second-order valence-electron chi connectivity index (χ2n) is 4.78. The average Bonchev–Trinajstić information content (AvgIpc) is 3.01. The van der Waals surface area contributed by atoms with Crippen LogP contribution in [0.2, 0.25) is 0 Å². The van der Waals surface area contributed by atoms with Crippen molar-refractivity contribution in [1.29, 1.82) is 0 Å². The van der Waals surface area contributed by atoms with Crippen LogP contribution in [0, 0.1) is 13.8 Å². The van der Waals surface area contributed by atoms with Crippen LogP contribution in [-0.2, 0) is 0 Å². The van der Waals surface area contributed by atoms with Crippen molar-refractivity contribution in [2.24, 2.45) is 5.73 Å². The van der Waals surface area contributed by atoms with Crippen molar-refractivity contribution >= 4 is 33.8 Å². The molecule has 22 heavy (non-hydrogen) atoms. The minimum Gasteiger partial charge on any atom is -0.366 e. The molecule has 0 unspecified atom stereocenters. The number of rotatable bonds is 3. The van der Waals surface area contributed by atoms with Crippen molar-refractivity contribution in [3.05, 3.63) is 46.2 Å². The average molecular weight is 315 g/mol. The number of fused-ring (bicyclic) bond motifs is 1. The Morgan fingerprint density at radius 2 is 1.86 bits per heavy atom. The highest BCUT2D eigenvalue weighted by atomic mass is 32.1. The molecule has 0 saturated heterocycles. The van der Waals surface area contributed by atoms with Crippen LogP contribution < -0.4 is 11.1 Å². The maximum atomic E-state index is 12.4. The molecule has 3 N–H and O–H groups in total. The van der Waals surface area contributed by atoms with Crippen molar-refractivity contribution < 1.29 is 9.59 Å². The second-order valence-corrected chi connectivity index (χ2v) is 5.76. The Bertz CT molecular complexity index is 879. The molecule has 3 rings (SSSR count). The van der Waals surface area contributed by atoms with E-state index in [2.05, 4.69) is 15.5 Å². The maximum Gasteiger partial charge on any atom is 0.267 e. The molecule has 0 atom stereocenters. The number of benzene rings is 1. The summed E-state index contributed by atoms with van der Waals surface area (Å²) in [6.07, 6.45) is 0. The largest absolute Gasteiger partial charge is 0.366 e. The molecule has 2 aromatic heterocycles. The van der Waals surface area contributed by atoms with Gasteiger partial charge in [0.1, 0.15) is 10.7 Å². The van der Waals surface area contributed by atoms with Gasteiger partial charge in [0.25, 0.3) is 5.91 Å². The van der Waals surface area contributed by atoms with Crippen molar-refractivity contribution in [1.82, 2.24) is 14.6 Å². The van der Waals surface area contributed by atoms with Crippen LogP contribution in [0.5, 0.6) is 0 Å². The number of aryl methyl sites for hydroxylation is 2. The lowest BCUT2D eigenvalue weighted by Crippen LogP contribution is -2.13. The van der Waals surface area contributed by atoms with Gasteiger partial charge in [-0.05, 0) is 38.1 Å². The third-order valence-electron chi connectivity index (χ3n) is 3.29. The first-order valence-electron chi connectivity index (χ1n) is 6.49. The van der Waals surface area contributed by atoms with Crippen molar-refractivity contribution in [2.45, 2.75) is 13.8 Å². The fraction of sp³-hybridized carbons (Fsp3) is 0.143. The van der Waals surface area contributed by atoms with E-state index >= 15 is 0 Å². The van der Waals surface area contributed by atoms with Crippen LogP contribution in [0.4, 0.5) is 5.69 Å². The Morgan fingerprint density at radius 3 is 2.45 bits per heavy atom. The lowest BCUT2D eigenvalue weighted by molar-refractivity contribution is 0.0998. The predicted octanol–water partition coefficient (Wildman–Crippen LogP) is 1.76. The van der Waals surface area contributed by atoms with E-state index in [1.165, 1.54) is 11.3 Å². The molecule has 2 amide bonds. The molecule has 0 saturated carbocycles. The highest BCUT2D eigenvalue weighted by molar-refractivity contribution is 7.19. The Labute approximate surface area is 129 Å². The summed E-state index contributed by atoms with van der Waals surface area (Å²) < 4.78 is 1.84. The van der Waals surface area contributed by atoms with Crippen LogP contribution in [0.15, 0.2) is 24.3 Å². The zero-order chi connectivity index (χ0) is 15.9. The lowest BCUT2D eigenvalue weighted by Gasteiger charge is -2.05. The molecule has 1 aromatic carbocycles. The third-order valence-corrected chi connectivity index (χ3v) is 4.42. The number of hydrogen-bond acceptors (Lipinski definition) is 5.